The molecule has 0 heterocycles. The van der Waals surface area contributed by atoms with E-state index in [1.54, 1.807) is 11.8 Å². The summed E-state index contributed by atoms with van der Waals surface area (Å²) in [5.74, 6) is 0.779. The number of hydrogen-bond donors (Lipinski definition) is 2. The monoisotopic (exact) mass is 178 g/mol. The molecule has 0 saturated carbocycles. The van der Waals surface area contributed by atoms with E-state index in [2.05, 4.69) is 25.4 Å². The van der Waals surface area contributed by atoms with E-state index < -0.39 is 7.32 Å². The van der Waals surface area contributed by atoms with Crippen LogP contribution >= 0.6 is 11.8 Å². The van der Waals surface area contributed by atoms with Gasteiger partial charge in [0.2, 0.25) is 0 Å². The molecule has 11 heavy (non-hydrogen) atoms. The Morgan fingerprint density at radius 2 is 1.91 bits per heavy atom. The van der Waals surface area contributed by atoms with E-state index in [9.17, 15) is 0 Å². The average molecular weight is 178 g/mol. The van der Waals surface area contributed by atoms with Gasteiger partial charge in [-0.3, -0.25) is 0 Å². The zero-order chi connectivity index (χ0) is 8.91. The molecule has 0 aromatic rings. The Hall–Kier alpha value is 0.295. The van der Waals surface area contributed by atoms with Crippen LogP contribution in [0.2, 0.25) is 0 Å². The van der Waals surface area contributed by atoms with Gasteiger partial charge < -0.3 is 14.7 Å². The summed E-state index contributed by atoms with van der Waals surface area (Å²) in [5, 5.41) is 16.6. The Labute approximate surface area is 72.3 Å². The van der Waals surface area contributed by atoms with E-state index in [4.69, 9.17) is 10.0 Å². The summed E-state index contributed by atoms with van der Waals surface area (Å²) in [4.78, 5) is 0. The lowest BCUT2D eigenvalue weighted by molar-refractivity contribution is 0.198. The molecule has 0 aliphatic carbocycles. The fraction of sp³-hybridized carbons (Fsp3) is 1.00. The first-order valence-corrected chi connectivity index (χ1v) is 4.52. The molecule has 0 unspecified atom stereocenters. The highest BCUT2D eigenvalue weighted by Gasteiger charge is 2.11. The summed E-state index contributed by atoms with van der Waals surface area (Å²) in [5.41, 5.74) is 0. The molecule has 5 heteroatoms. The molecule has 0 fully saturated rings. The Balaban J connectivity index is 3.15. The van der Waals surface area contributed by atoms with Crippen LogP contribution < -0.4 is 0 Å². The molecule has 0 atom stereocenters. The van der Waals surface area contributed by atoms with Gasteiger partial charge in [-0.25, -0.2) is 0 Å². The van der Waals surface area contributed by atoms with E-state index in [0.717, 1.165) is 5.75 Å². The van der Waals surface area contributed by atoms with Crippen molar-refractivity contribution in [2.45, 2.75) is 25.5 Å². The van der Waals surface area contributed by atoms with Crippen molar-refractivity contribution in [3.63, 3.8) is 0 Å². The van der Waals surface area contributed by atoms with Crippen LogP contribution in [0.25, 0.3) is 0 Å². The largest absolute Gasteiger partial charge is 0.633 e. The molecule has 0 aromatic heterocycles. The first-order valence-electron chi connectivity index (χ1n) is 3.53. The summed E-state index contributed by atoms with van der Waals surface area (Å²) in [7, 11) is -1.63. The van der Waals surface area contributed by atoms with Crippen molar-refractivity contribution in [3.05, 3.63) is 0 Å². The molecule has 0 amide bonds. The van der Waals surface area contributed by atoms with Crippen molar-refractivity contribution in [3.8, 4) is 0 Å². The van der Waals surface area contributed by atoms with Crippen molar-refractivity contribution in [2.24, 2.45) is 0 Å². The second-order valence-electron chi connectivity index (χ2n) is 3.16. The number of rotatable bonds is 4. The van der Waals surface area contributed by atoms with E-state index in [0.29, 0.717) is 6.61 Å². The van der Waals surface area contributed by atoms with Crippen LogP contribution in [0.3, 0.4) is 0 Å². The minimum Gasteiger partial charge on any atom is -0.402 e. The first kappa shape index (κ1) is 11.3. The maximum absolute atomic E-state index is 8.31. The highest BCUT2D eigenvalue weighted by molar-refractivity contribution is 8.00. The van der Waals surface area contributed by atoms with Crippen LogP contribution in [0.4, 0.5) is 0 Å². The van der Waals surface area contributed by atoms with Crippen molar-refractivity contribution < 1.29 is 14.7 Å². The summed E-state index contributed by atoms with van der Waals surface area (Å²) < 4.78 is 4.74. The Bertz CT molecular complexity index is 102. The Morgan fingerprint density at radius 1 is 1.36 bits per heavy atom. The fourth-order valence-electron chi connectivity index (χ4n) is 0.501. The van der Waals surface area contributed by atoms with Gasteiger partial charge in [-0.1, -0.05) is 20.8 Å². The minimum atomic E-state index is -1.63. The van der Waals surface area contributed by atoms with Gasteiger partial charge in [-0.05, 0) is 0 Å². The van der Waals surface area contributed by atoms with E-state index in [1.165, 1.54) is 0 Å². The van der Waals surface area contributed by atoms with Crippen LogP contribution in [-0.4, -0.2) is 34.5 Å². The quantitative estimate of drug-likeness (QED) is 0.486. The molecular formula is C6H15BO3S. The molecule has 0 radical (unpaired) electrons. The minimum absolute atomic E-state index is 0.212. The SMILES string of the molecule is CC(C)(C)SCCOB(O)O. The third-order valence-electron chi connectivity index (χ3n) is 0.885. The van der Waals surface area contributed by atoms with Crippen molar-refractivity contribution in [1.29, 1.82) is 0 Å². The van der Waals surface area contributed by atoms with Crippen LogP contribution in [0.15, 0.2) is 0 Å². The van der Waals surface area contributed by atoms with Crippen LogP contribution in [0, 0.1) is 0 Å². The summed E-state index contributed by atoms with van der Waals surface area (Å²) >= 11 is 1.73. The van der Waals surface area contributed by atoms with Crippen molar-refractivity contribution in [2.75, 3.05) is 12.4 Å². The van der Waals surface area contributed by atoms with Gasteiger partial charge in [0.05, 0.1) is 0 Å². The molecule has 0 bridgehead atoms. The summed E-state index contributed by atoms with van der Waals surface area (Å²) in [6.07, 6.45) is 0. The molecule has 66 valence electrons. The molecule has 0 spiro atoms. The Morgan fingerprint density at radius 3 is 2.27 bits per heavy atom. The zero-order valence-corrected chi connectivity index (χ0v) is 8.02. The lowest BCUT2D eigenvalue weighted by Crippen LogP contribution is -2.19. The lowest BCUT2D eigenvalue weighted by Gasteiger charge is -2.17. The van der Waals surface area contributed by atoms with E-state index in [1.807, 2.05) is 0 Å². The van der Waals surface area contributed by atoms with Gasteiger partial charge in [-0.15, -0.1) is 0 Å². The first-order chi connectivity index (χ1) is 4.92. The van der Waals surface area contributed by atoms with Gasteiger partial charge in [0.1, 0.15) is 0 Å². The molecule has 0 aromatic carbocycles. The normalized spacial score (nSPS) is 11.7. The highest BCUT2D eigenvalue weighted by atomic mass is 32.2. The number of thioether (sulfide) groups is 1. The van der Waals surface area contributed by atoms with Crippen LogP contribution in [-0.2, 0) is 4.65 Å². The Kier molecular flexibility index (Phi) is 5.17. The second-order valence-corrected chi connectivity index (χ2v) is 5.08. The maximum atomic E-state index is 8.31. The predicted molar refractivity (Wildman–Crippen MR) is 48.4 cm³/mol. The zero-order valence-electron chi connectivity index (χ0n) is 7.20. The average Bonchev–Trinajstić information content (AvgIpc) is 1.78. The lowest BCUT2D eigenvalue weighted by atomic mass is 10.3. The molecule has 0 rings (SSSR count). The molecular weight excluding hydrogens is 163 g/mol. The molecule has 3 nitrogen and oxygen atoms in total. The van der Waals surface area contributed by atoms with E-state index >= 15 is 0 Å². The van der Waals surface area contributed by atoms with Crippen molar-refractivity contribution in [1.82, 2.24) is 0 Å². The smallest absolute Gasteiger partial charge is 0.402 e. The second kappa shape index (κ2) is 5.03. The van der Waals surface area contributed by atoms with Gasteiger partial charge in [0.25, 0.3) is 0 Å². The third kappa shape index (κ3) is 10.3. The predicted octanol–water partition coefficient (Wildman–Crippen LogP) is 0.504. The van der Waals surface area contributed by atoms with Crippen LogP contribution in [0.1, 0.15) is 20.8 Å². The molecule has 0 saturated heterocycles. The summed E-state index contributed by atoms with van der Waals surface area (Å²) in [6.45, 7) is 6.69. The maximum Gasteiger partial charge on any atom is 0.633 e. The molecule has 2 N–H and O–H groups in total. The topological polar surface area (TPSA) is 49.7 Å². The third-order valence-corrected chi connectivity index (χ3v) is 2.12. The van der Waals surface area contributed by atoms with Crippen LogP contribution in [0.5, 0.6) is 0 Å². The summed E-state index contributed by atoms with van der Waals surface area (Å²) in [6, 6.07) is 0. The van der Waals surface area contributed by atoms with Gasteiger partial charge in [0.15, 0.2) is 0 Å². The molecule has 0 aliphatic heterocycles. The van der Waals surface area contributed by atoms with Gasteiger partial charge in [0, 0.05) is 17.1 Å². The standard InChI is InChI=1S/C6H15BO3S/c1-6(2,3)11-5-4-10-7(8)9/h8-9H,4-5H2,1-3H3. The van der Waals surface area contributed by atoms with Gasteiger partial charge >= 0.3 is 7.32 Å². The highest BCUT2D eigenvalue weighted by Crippen LogP contribution is 2.22. The van der Waals surface area contributed by atoms with E-state index in [-0.39, 0.29) is 4.75 Å². The molecule has 0 aliphatic rings. The fourth-order valence-corrected chi connectivity index (χ4v) is 1.29. The van der Waals surface area contributed by atoms with Crippen molar-refractivity contribution >= 4 is 19.1 Å². The van der Waals surface area contributed by atoms with Gasteiger partial charge in [-0.2, -0.15) is 11.8 Å². The number of hydrogen-bond acceptors (Lipinski definition) is 4.